The predicted molar refractivity (Wildman–Crippen MR) is 49.4 cm³/mol. The van der Waals surface area contributed by atoms with Crippen LogP contribution in [0.15, 0.2) is 11.3 Å². The van der Waals surface area contributed by atoms with Gasteiger partial charge in [0.15, 0.2) is 0 Å². The van der Waals surface area contributed by atoms with Crippen LogP contribution in [-0.2, 0) is 0 Å². The zero-order valence-corrected chi connectivity index (χ0v) is 7.27. The van der Waals surface area contributed by atoms with E-state index in [1.54, 1.807) is 0 Å². The Morgan fingerprint density at radius 3 is 2.83 bits per heavy atom. The van der Waals surface area contributed by atoms with E-state index in [1.807, 2.05) is 0 Å². The summed E-state index contributed by atoms with van der Waals surface area (Å²) < 4.78 is 0. The van der Waals surface area contributed by atoms with Gasteiger partial charge in [0.2, 0.25) is 0 Å². The van der Waals surface area contributed by atoms with Crippen molar-refractivity contribution in [1.82, 2.24) is 5.32 Å². The quantitative estimate of drug-likeness (QED) is 0.549. The smallest absolute Gasteiger partial charge is 0.0603 e. The molecule has 3 heteroatoms. The van der Waals surface area contributed by atoms with Gasteiger partial charge in [-0.15, -0.1) is 0 Å². The molecule has 0 saturated heterocycles. The third-order valence-electron chi connectivity index (χ3n) is 2.13. The second-order valence-electron chi connectivity index (χ2n) is 3.01. The van der Waals surface area contributed by atoms with E-state index in [9.17, 15) is 0 Å². The molecule has 12 heavy (non-hydrogen) atoms. The van der Waals surface area contributed by atoms with Crippen LogP contribution in [-0.4, -0.2) is 24.5 Å². The highest BCUT2D eigenvalue weighted by Gasteiger charge is 2.09. The Labute approximate surface area is 73.0 Å². The first-order valence-corrected chi connectivity index (χ1v) is 4.45. The highest BCUT2D eigenvalue weighted by Crippen LogP contribution is 2.20. The second-order valence-corrected chi connectivity index (χ2v) is 3.01. The number of rotatable bonds is 4. The number of hydrogen-bond donors (Lipinski definition) is 3. The van der Waals surface area contributed by atoms with Crippen molar-refractivity contribution in [2.75, 3.05) is 13.2 Å². The zero-order chi connectivity index (χ0) is 8.81. The monoisotopic (exact) mass is 168 g/mol. The Bertz CT molecular complexity index is 187. The van der Waals surface area contributed by atoms with E-state index >= 15 is 0 Å². The fraction of sp³-hybridized carbons (Fsp3) is 0.667. The van der Waals surface area contributed by atoms with Crippen molar-refractivity contribution in [2.45, 2.75) is 25.7 Å². The SMILES string of the molecule is N=CC1=C(NCCO)CCCC1. The van der Waals surface area contributed by atoms with E-state index < -0.39 is 0 Å². The Morgan fingerprint density at radius 2 is 2.17 bits per heavy atom. The minimum absolute atomic E-state index is 0.161. The highest BCUT2D eigenvalue weighted by molar-refractivity contribution is 5.77. The van der Waals surface area contributed by atoms with Crippen LogP contribution in [0.2, 0.25) is 0 Å². The minimum Gasteiger partial charge on any atom is -0.395 e. The van der Waals surface area contributed by atoms with Gasteiger partial charge in [-0.25, -0.2) is 0 Å². The number of hydrogen-bond acceptors (Lipinski definition) is 3. The lowest BCUT2D eigenvalue weighted by atomic mass is 9.97. The molecule has 0 aromatic rings. The van der Waals surface area contributed by atoms with Crippen LogP contribution in [0.1, 0.15) is 25.7 Å². The van der Waals surface area contributed by atoms with Gasteiger partial charge >= 0.3 is 0 Å². The average Bonchev–Trinajstić information content (AvgIpc) is 2.15. The number of aliphatic hydroxyl groups is 1. The molecule has 0 radical (unpaired) electrons. The first-order valence-electron chi connectivity index (χ1n) is 4.45. The van der Waals surface area contributed by atoms with Crippen LogP contribution < -0.4 is 5.32 Å². The molecule has 0 aliphatic heterocycles. The zero-order valence-electron chi connectivity index (χ0n) is 7.27. The van der Waals surface area contributed by atoms with E-state index in [0.29, 0.717) is 6.54 Å². The van der Waals surface area contributed by atoms with E-state index in [0.717, 1.165) is 24.1 Å². The summed E-state index contributed by atoms with van der Waals surface area (Å²) in [7, 11) is 0. The van der Waals surface area contributed by atoms with Gasteiger partial charge in [0.1, 0.15) is 0 Å². The summed E-state index contributed by atoms with van der Waals surface area (Å²) in [5.41, 5.74) is 2.26. The summed E-state index contributed by atoms with van der Waals surface area (Å²) in [5, 5.41) is 18.9. The summed E-state index contributed by atoms with van der Waals surface area (Å²) in [6.07, 6.45) is 5.86. The standard InChI is InChI=1S/C9H16N2O/c10-7-8-3-1-2-4-9(8)11-5-6-12/h7,10-12H,1-6H2. The molecule has 0 aromatic heterocycles. The molecule has 3 nitrogen and oxygen atoms in total. The van der Waals surface area contributed by atoms with Gasteiger partial charge in [-0.3, -0.25) is 0 Å². The van der Waals surface area contributed by atoms with Crippen LogP contribution >= 0.6 is 0 Å². The van der Waals surface area contributed by atoms with E-state index in [-0.39, 0.29) is 6.61 Å². The maximum Gasteiger partial charge on any atom is 0.0603 e. The third kappa shape index (κ3) is 2.34. The molecule has 0 unspecified atom stereocenters. The molecule has 0 aromatic carbocycles. The van der Waals surface area contributed by atoms with Gasteiger partial charge in [-0.2, -0.15) is 0 Å². The highest BCUT2D eigenvalue weighted by atomic mass is 16.3. The third-order valence-corrected chi connectivity index (χ3v) is 2.13. The second kappa shape index (κ2) is 4.93. The number of aliphatic hydroxyl groups excluding tert-OH is 1. The van der Waals surface area contributed by atoms with Crippen molar-refractivity contribution in [2.24, 2.45) is 0 Å². The van der Waals surface area contributed by atoms with Crippen LogP contribution in [0.25, 0.3) is 0 Å². The lowest BCUT2D eigenvalue weighted by molar-refractivity contribution is 0.296. The molecule has 1 aliphatic rings. The van der Waals surface area contributed by atoms with Crippen molar-refractivity contribution >= 4 is 6.21 Å². The Hall–Kier alpha value is -0.830. The number of allylic oxidation sites excluding steroid dienone is 2. The van der Waals surface area contributed by atoms with Crippen molar-refractivity contribution in [3.8, 4) is 0 Å². The molecule has 1 aliphatic carbocycles. The van der Waals surface area contributed by atoms with E-state index in [2.05, 4.69) is 5.32 Å². The molecule has 0 bridgehead atoms. The van der Waals surface area contributed by atoms with Crippen LogP contribution in [0.4, 0.5) is 0 Å². The largest absolute Gasteiger partial charge is 0.395 e. The summed E-state index contributed by atoms with van der Waals surface area (Å²) in [6.45, 7) is 0.765. The fourth-order valence-electron chi connectivity index (χ4n) is 1.50. The lowest BCUT2D eigenvalue weighted by Gasteiger charge is -2.18. The van der Waals surface area contributed by atoms with Crippen molar-refractivity contribution in [3.05, 3.63) is 11.3 Å². The van der Waals surface area contributed by atoms with Crippen LogP contribution in [0, 0.1) is 5.41 Å². The molecular weight excluding hydrogens is 152 g/mol. The first-order chi connectivity index (χ1) is 5.88. The Morgan fingerprint density at radius 1 is 1.42 bits per heavy atom. The fourth-order valence-corrected chi connectivity index (χ4v) is 1.50. The molecule has 0 spiro atoms. The van der Waals surface area contributed by atoms with Gasteiger partial charge in [-0.05, 0) is 31.3 Å². The predicted octanol–water partition coefficient (Wildman–Crippen LogP) is 1.05. The first kappa shape index (κ1) is 9.26. The molecule has 0 amide bonds. The van der Waals surface area contributed by atoms with E-state index in [4.69, 9.17) is 10.5 Å². The minimum atomic E-state index is 0.161. The molecule has 0 heterocycles. The molecule has 3 N–H and O–H groups in total. The van der Waals surface area contributed by atoms with Gasteiger partial charge in [0.05, 0.1) is 6.61 Å². The lowest BCUT2D eigenvalue weighted by Crippen LogP contribution is -2.21. The topological polar surface area (TPSA) is 56.1 Å². The molecule has 0 fully saturated rings. The molecule has 0 atom stereocenters. The summed E-state index contributed by atoms with van der Waals surface area (Å²) in [5.74, 6) is 0. The molecule has 68 valence electrons. The summed E-state index contributed by atoms with van der Waals surface area (Å²) in [4.78, 5) is 0. The number of nitrogens with one attached hydrogen (secondary N) is 2. The maximum absolute atomic E-state index is 8.61. The van der Waals surface area contributed by atoms with Crippen LogP contribution in [0.5, 0.6) is 0 Å². The normalized spacial score (nSPS) is 17.8. The van der Waals surface area contributed by atoms with Gasteiger partial charge in [-0.1, -0.05) is 0 Å². The van der Waals surface area contributed by atoms with Gasteiger partial charge in [0, 0.05) is 18.5 Å². The molecule has 1 rings (SSSR count). The van der Waals surface area contributed by atoms with Crippen molar-refractivity contribution in [3.63, 3.8) is 0 Å². The summed E-state index contributed by atoms with van der Waals surface area (Å²) >= 11 is 0. The van der Waals surface area contributed by atoms with Gasteiger partial charge in [0.25, 0.3) is 0 Å². The van der Waals surface area contributed by atoms with Gasteiger partial charge < -0.3 is 15.8 Å². The van der Waals surface area contributed by atoms with E-state index in [1.165, 1.54) is 19.1 Å². The Balaban J connectivity index is 2.53. The average molecular weight is 168 g/mol. The Kier molecular flexibility index (Phi) is 3.80. The van der Waals surface area contributed by atoms with Crippen molar-refractivity contribution in [1.29, 1.82) is 5.41 Å². The maximum atomic E-state index is 8.61. The van der Waals surface area contributed by atoms with Crippen molar-refractivity contribution < 1.29 is 5.11 Å². The molecule has 0 saturated carbocycles. The van der Waals surface area contributed by atoms with Crippen LogP contribution in [0.3, 0.4) is 0 Å². The molecular formula is C9H16N2O. The summed E-state index contributed by atoms with van der Waals surface area (Å²) in [6, 6.07) is 0.